The van der Waals surface area contributed by atoms with Crippen molar-refractivity contribution in [2.24, 2.45) is 0 Å². The number of esters is 1. The van der Waals surface area contributed by atoms with Crippen LogP contribution in [0.4, 0.5) is 4.79 Å². The number of amides is 1. The first kappa shape index (κ1) is 16.2. The molecular formula is C13H18N2O4S. The van der Waals surface area contributed by atoms with Gasteiger partial charge in [-0.2, -0.15) is 0 Å². The number of methoxy groups -OCH3 is 1. The van der Waals surface area contributed by atoms with Crippen LogP contribution in [-0.2, 0) is 9.47 Å². The predicted molar refractivity (Wildman–Crippen MR) is 76.7 cm³/mol. The second kappa shape index (κ2) is 7.04. The second-order valence-corrected chi connectivity index (χ2v) is 5.90. The Morgan fingerprint density at radius 1 is 1.45 bits per heavy atom. The smallest absolute Gasteiger partial charge is 0.407 e. The molecule has 1 heterocycles. The zero-order valence-corrected chi connectivity index (χ0v) is 12.7. The normalized spacial score (nSPS) is 11.4. The Morgan fingerprint density at radius 2 is 2.15 bits per heavy atom. The summed E-state index contributed by atoms with van der Waals surface area (Å²) in [4.78, 5) is 27.1. The first-order valence-electron chi connectivity index (χ1n) is 5.99. The fourth-order valence-corrected chi connectivity index (χ4v) is 1.94. The molecule has 0 fully saturated rings. The molecule has 6 nitrogen and oxygen atoms in total. The summed E-state index contributed by atoms with van der Waals surface area (Å²) in [5.41, 5.74) is -0.515. The van der Waals surface area contributed by atoms with Crippen LogP contribution < -0.4 is 5.32 Å². The largest absolute Gasteiger partial charge is 0.465 e. The highest BCUT2D eigenvalue weighted by Crippen LogP contribution is 2.15. The SMILES string of the molecule is COC(=O)c1cnc(C=CCNC(=O)OC(C)(C)C)s1. The van der Waals surface area contributed by atoms with Gasteiger partial charge in [0.25, 0.3) is 0 Å². The number of thiazole rings is 1. The van der Waals surface area contributed by atoms with Gasteiger partial charge in [0, 0.05) is 6.54 Å². The number of alkyl carbamates (subject to hydrolysis) is 1. The van der Waals surface area contributed by atoms with Crippen LogP contribution in [0.3, 0.4) is 0 Å². The van der Waals surface area contributed by atoms with Crippen molar-refractivity contribution in [3.63, 3.8) is 0 Å². The molecular weight excluding hydrogens is 280 g/mol. The molecule has 0 spiro atoms. The van der Waals surface area contributed by atoms with Gasteiger partial charge in [-0.15, -0.1) is 11.3 Å². The summed E-state index contributed by atoms with van der Waals surface area (Å²) in [7, 11) is 1.32. The summed E-state index contributed by atoms with van der Waals surface area (Å²) in [6, 6.07) is 0. The average molecular weight is 298 g/mol. The van der Waals surface area contributed by atoms with Crippen LogP contribution in [0.15, 0.2) is 12.3 Å². The van der Waals surface area contributed by atoms with Crippen LogP contribution >= 0.6 is 11.3 Å². The molecule has 0 aromatic carbocycles. The molecule has 20 heavy (non-hydrogen) atoms. The maximum Gasteiger partial charge on any atom is 0.407 e. The second-order valence-electron chi connectivity index (χ2n) is 4.84. The van der Waals surface area contributed by atoms with Gasteiger partial charge in [0.05, 0.1) is 13.3 Å². The number of nitrogens with one attached hydrogen (secondary N) is 1. The molecule has 0 radical (unpaired) electrons. The van der Waals surface area contributed by atoms with Crippen molar-refractivity contribution < 1.29 is 19.1 Å². The van der Waals surface area contributed by atoms with Gasteiger partial charge in [-0.3, -0.25) is 0 Å². The van der Waals surface area contributed by atoms with E-state index in [1.807, 2.05) is 0 Å². The van der Waals surface area contributed by atoms with E-state index in [-0.39, 0.29) is 0 Å². The summed E-state index contributed by atoms with van der Waals surface area (Å²) >= 11 is 1.22. The maximum atomic E-state index is 11.4. The number of carbonyl (C=O) groups excluding carboxylic acids is 2. The molecule has 0 bridgehead atoms. The number of nitrogens with zero attached hydrogens (tertiary/aromatic N) is 1. The van der Waals surface area contributed by atoms with Gasteiger partial charge >= 0.3 is 12.1 Å². The Kier molecular flexibility index (Phi) is 5.69. The van der Waals surface area contributed by atoms with Gasteiger partial charge in [-0.1, -0.05) is 6.08 Å². The van der Waals surface area contributed by atoms with E-state index in [1.54, 1.807) is 32.9 Å². The van der Waals surface area contributed by atoms with Crippen molar-refractivity contribution in [3.8, 4) is 0 Å². The van der Waals surface area contributed by atoms with Crippen molar-refractivity contribution in [2.45, 2.75) is 26.4 Å². The van der Waals surface area contributed by atoms with Crippen LogP contribution in [0.5, 0.6) is 0 Å². The first-order chi connectivity index (χ1) is 9.31. The van der Waals surface area contributed by atoms with Crippen molar-refractivity contribution in [3.05, 3.63) is 22.2 Å². The van der Waals surface area contributed by atoms with E-state index in [4.69, 9.17) is 4.74 Å². The van der Waals surface area contributed by atoms with Gasteiger partial charge in [0.15, 0.2) is 0 Å². The van der Waals surface area contributed by atoms with Gasteiger partial charge < -0.3 is 14.8 Å². The predicted octanol–water partition coefficient (Wildman–Crippen LogP) is 2.47. The lowest BCUT2D eigenvalue weighted by molar-refractivity contribution is 0.0532. The van der Waals surface area contributed by atoms with Crippen LogP contribution in [0.25, 0.3) is 6.08 Å². The van der Waals surface area contributed by atoms with E-state index in [0.29, 0.717) is 16.4 Å². The number of carbonyl (C=O) groups is 2. The lowest BCUT2D eigenvalue weighted by Crippen LogP contribution is -2.32. The number of hydrogen-bond donors (Lipinski definition) is 1. The van der Waals surface area contributed by atoms with Gasteiger partial charge in [-0.25, -0.2) is 14.6 Å². The summed E-state index contributed by atoms with van der Waals surface area (Å²) in [5.74, 6) is -0.408. The minimum Gasteiger partial charge on any atom is -0.465 e. The van der Waals surface area contributed by atoms with E-state index in [9.17, 15) is 9.59 Å². The molecule has 1 N–H and O–H groups in total. The van der Waals surface area contributed by atoms with Crippen molar-refractivity contribution >= 4 is 29.5 Å². The Hall–Kier alpha value is -1.89. The average Bonchev–Trinajstić information content (AvgIpc) is 2.80. The van der Waals surface area contributed by atoms with Gasteiger partial charge in [-0.05, 0) is 26.8 Å². The molecule has 1 amide bonds. The van der Waals surface area contributed by atoms with Gasteiger partial charge in [0.2, 0.25) is 0 Å². The molecule has 1 rings (SSSR count). The maximum absolute atomic E-state index is 11.4. The monoisotopic (exact) mass is 298 g/mol. The highest BCUT2D eigenvalue weighted by molar-refractivity contribution is 7.14. The molecule has 0 aliphatic carbocycles. The third-order valence-electron chi connectivity index (χ3n) is 1.93. The lowest BCUT2D eigenvalue weighted by atomic mass is 10.2. The Morgan fingerprint density at radius 3 is 2.75 bits per heavy atom. The number of rotatable bonds is 4. The van der Waals surface area contributed by atoms with Crippen molar-refractivity contribution in [1.29, 1.82) is 0 Å². The Labute approximate surface area is 121 Å². The van der Waals surface area contributed by atoms with Crippen LogP contribution in [0.2, 0.25) is 0 Å². The zero-order chi connectivity index (χ0) is 15.2. The Bertz CT molecular complexity index is 503. The molecule has 1 aromatic heterocycles. The number of aromatic nitrogens is 1. The van der Waals surface area contributed by atoms with Crippen LogP contribution in [0, 0.1) is 0 Å². The van der Waals surface area contributed by atoms with E-state index in [2.05, 4.69) is 15.0 Å². The first-order valence-corrected chi connectivity index (χ1v) is 6.81. The third kappa shape index (κ3) is 5.83. The van der Waals surface area contributed by atoms with E-state index >= 15 is 0 Å². The molecule has 0 unspecified atom stereocenters. The molecule has 7 heteroatoms. The van der Waals surface area contributed by atoms with Crippen LogP contribution in [0.1, 0.15) is 35.5 Å². The molecule has 110 valence electrons. The third-order valence-corrected chi connectivity index (χ3v) is 2.88. The minimum atomic E-state index is -0.515. The minimum absolute atomic E-state index is 0.321. The molecule has 0 saturated heterocycles. The van der Waals surface area contributed by atoms with E-state index in [1.165, 1.54) is 24.6 Å². The number of ether oxygens (including phenoxy) is 2. The van der Waals surface area contributed by atoms with E-state index in [0.717, 1.165) is 0 Å². The topological polar surface area (TPSA) is 77.5 Å². The summed E-state index contributed by atoms with van der Waals surface area (Å²) in [5, 5.41) is 3.25. The molecule has 0 atom stereocenters. The van der Waals surface area contributed by atoms with Crippen molar-refractivity contribution in [1.82, 2.24) is 10.3 Å². The highest BCUT2D eigenvalue weighted by Gasteiger charge is 2.15. The fourth-order valence-electron chi connectivity index (χ4n) is 1.18. The molecule has 0 aliphatic heterocycles. The zero-order valence-electron chi connectivity index (χ0n) is 11.9. The number of hydrogen-bond acceptors (Lipinski definition) is 6. The van der Waals surface area contributed by atoms with Crippen molar-refractivity contribution in [2.75, 3.05) is 13.7 Å². The summed E-state index contributed by atoms with van der Waals surface area (Å²) in [6.45, 7) is 5.72. The fraction of sp³-hybridized carbons (Fsp3) is 0.462. The van der Waals surface area contributed by atoms with Crippen LogP contribution in [-0.4, -0.2) is 36.3 Å². The summed E-state index contributed by atoms with van der Waals surface area (Å²) < 4.78 is 9.67. The quantitative estimate of drug-likeness (QED) is 0.864. The van der Waals surface area contributed by atoms with Gasteiger partial charge in [0.1, 0.15) is 15.5 Å². The molecule has 0 aliphatic rings. The lowest BCUT2D eigenvalue weighted by Gasteiger charge is -2.19. The molecule has 1 aromatic rings. The standard InChI is InChI=1S/C13H18N2O4S/c1-13(2,3)19-12(17)14-7-5-6-10-15-8-9(20-10)11(16)18-4/h5-6,8H,7H2,1-4H3,(H,14,17). The van der Waals surface area contributed by atoms with E-state index < -0.39 is 17.7 Å². The highest BCUT2D eigenvalue weighted by atomic mass is 32.1. The summed E-state index contributed by atoms with van der Waals surface area (Å²) in [6.07, 6.45) is 4.42. The Balaban J connectivity index is 2.40. The molecule has 0 saturated carbocycles.